The summed E-state index contributed by atoms with van der Waals surface area (Å²) in [5.74, 6) is -2.38. The number of halogens is 2. The number of rotatable bonds is 4. The van der Waals surface area contributed by atoms with Crippen LogP contribution in [-0.4, -0.2) is 17.5 Å². The number of fused-ring (bicyclic) bond motifs is 1. The summed E-state index contributed by atoms with van der Waals surface area (Å²) in [6.07, 6.45) is -0.196. The van der Waals surface area contributed by atoms with E-state index >= 15 is 0 Å². The molecular formula is C13H14F2O2. The van der Waals surface area contributed by atoms with Crippen molar-refractivity contribution in [3.63, 3.8) is 0 Å². The van der Waals surface area contributed by atoms with Gasteiger partial charge in [-0.15, -0.1) is 0 Å². The Morgan fingerprint density at radius 3 is 2.65 bits per heavy atom. The maximum Gasteiger partial charge on any atom is 0.304 e. The van der Waals surface area contributed by atoms with Gasteiger partial charge in [-0.3, -0.25) is 4.79 Å². The lowest BCUT2D eigenvalue weighted by Crippen LogP contribution is -2.14. The molecule has 1 aliphatic rings. The molecular weight excluding hydrogens is 226 g/mol. The second kappa shape index (κ2) is 4.82. The SMILES string of the molecule is O=C(O)CC(c1ccc2c(c1)CCC2)C(F)F. The van der Waals surface area contributed by atoms with Crippen LogP contribution in [0.3, 0.4) is 0 Å². The van der Waals surface area contributed by atoms with Crippen molar-refractivity contribution >= 4 is 5.97 Å². The molecule has 1 aliphatic carbocycles. The summed E-state index contributed by atoms with van der Waals surface area (Å²) in [4.78, 5) is 10.6. The Morgan fingerprint density at radius 2 is 2.00 bits per heavy atom. The van der Waals surface area contributed by atoms with Gasteiger partial charge < -0.3 is 5.11 Å². The van der Waals surface area contributed by atoms with Gasteiger partial charge in [0.1, 0.15) is 0 Å². The summed E-state index contributed by atoms with van der Waals surface area (Å²) in [6.45, 7) is 0. The number of benzene rings is 1. The van der Waals surface area contributed by atoms with Crippen LogP contribution in [-0.2, 0) is 17.6 Å². The molecule has 1 unspecified atom stereocenters. The van der Waals surface area contributed by atoms with Gasteiger partial charge in [-0.1, -0.05) is 18.2 Å². The van der Waals surface area contributed by atoms with Crippen LogP contribution in [0.1, 0.15) is 35.4 Å². The van der Waals surface area contributed by atoms with Crippen molar-refractivity contribution in [3.05, 3.63) is 34.9 Å². The summed E-state index contributed by atoms with van der Waals surface area (Å²) < 4.78 is 25.7. The molecule has 0 fully saturated rings. The molecule has 92 valence electrons. The van der Waals surface area contributed by atoms with E-state index in [-0.39, 0.29) is 0 Å². The topological polar surface area (TPSA) is 37.3 Å². The first-order valence-corrected chi connectivity index (χ1v) is 5.69. The minimum absolute atomic E-state index is 0.447. The molecule has 1 N–H and O–H groups in total. The molecule has 0 bridgehead atoms. The zero-order valence-corrected chi connectivity index (χ0v) is 9.33. The molecule has 0 aliphatic heterocycles. The highest BCUT2D eigenvalue weighted by Crippen LogP contribution is 2.31. The van der Waals surface area contributed by atoms with Crippen molar-refractivity contribution in [2.45, 2.75) is 38.0 Å². The zero-order valence-electron chi connectivity index (χ0n) is 9.33. The van der Waals surface area contributed by atoms with Crippen LogP contribution in [0, 0.1) is 0 Å². The molecule has 2 rings (SSSR count). The lowest BCUT2D eigenvalue weighted by molar-refractivity contribution is -0.138. The Kier molecular flexibility index (Phi) is 3.41. The molecule has 0 radical (unpaired) electrons. The number of carboxylic acid groups (broad SMARTS) is 1. The third-order valence-corrected chi connectivity index (χ3v) is 3.25. The molecule has 1 atom stereocenters. The summed E-state index contributed by atoms with van der Waals surface area (Å²) >= 11 is 0. The molecule has 0 heterocycles. The predicted octanol–water partition coefficient (Wildman–Crippen LogP) is 3.00. The van der Waals surface area contributed by atoms with Gasteiger partial charge in [0.25, 0.3) is 0 Å². The first kappa shape index (κ1) is 12.0. The fourth-order valence-electron chi connectivity index (χ4n) is 2.36. The van der Waals surface area contributed by atoms with E-state index in [1.807, 2.05) is 6.07 Å². The average Bonchev–Trinajstić information content (AvgIpc) is 2.72. The Morgan fingerprint density at radius 1 is 1.29 bits per heavy atom. The Hall–Kier alpha value is -1.45. The van der Waals surface area contributed by atoms with Gasteiger partial charge >= 0.3 is 5.97 Å². The van der Waals surface area contributed by atoms with E-state index in [2.05, 4.69) is 0 Å². The lowest BCUT2D eigenvalue weighted by Gasteiger charge is -2.15. The third kappa shape index (κ3) is 2.62. The standard InChI is InChI=1S/C13H14F2O2/c14-13(15)11(7-12(16)17)10-5-4-8-2-1-3-9(8)6-10/h4-6,11,13H,1-3,7H2,(H,16,17). The van der Waals surface area contributed by atoms with Crippen LogP contribution in [0.15, 0.2) is 18.2 Å². The number of alkyl halides is 2. The van der Waals surface area contributed by atoms with Gasteiger partial charge in [-0.05, 0) is 36.0 Å². The smallest absolute Gasteiger partial charge is 0.304 e. The monoisotopic (exact) mass is 240 g/mol. The van der Waals surface area contributed by atoms with Crippen LogP contribution in [0.4, 0.5) is 8.78 Å². The molecule has 0 saturated carbocycles. The number of carbonyl (C=O) groups is 1. The largest absolute Gasteiger partial charge is 0.481 e. The lowest BCUT2D eigenvalue weighted by atomic mass is 9.93. The van der Waals surface area contributed by atoms with Gasteiger partial charge in [0.15, 0.2) is 0 Å². The van der Waals surface area contributed by atoms with Gasteiger partial charge in [-0.25, -0.2) is 8.78 Å². The number of hydrogen-bond acceptors (Lipinski definition) is 1. The molecule has 1 aromatic rings. The zero-order chi connectivity index (χ0) is 12.4. The number of aryl methyl sites for hydroxylation is 2. The van der Waals surface area contributed by atoms with Crippen molar-refractivity contribution in [1.82, 2.24) is 0 Å². The Labute approximate surface area is 98.3 Å². The van der Waals surface area contributed by atoms with Crippen molar-refractivity contribution < 1.29 is 18.7 Å². The molecule has 0 saturated heterocycles. The van der Waals surface area contributed by atoms with Crippen molar-refractivity contribution in [2.24, 2.45) is 0 Å². The highest BCUT2D eigenvalue weighted by molar-refractivity contribution is 5.68. The minimum atomic E-state index is -2.63. The fourth-order valence-corrected chi connectivity index (χ4v) is 2.36. The summed E-state index contributed by atoms with van der Waals surface area (Å²) in [5, 5.41) is 8.65. The third-order valence-electron chi connectivity index (χ3n) is 3.25. The highest BCUT2D eigenvalue weighted by Gasteiger charge is 2.26. The Balaban J connectivity index is 2.27. The van der Waals surface area contributed by atoms with Crippen LogP contribution in [0.25, 0.3) is 0 Å². The summed E-state index contributed by atoms with van der Waals surface area (Å²) in [6, 6.07) is 5.25. The number of hydrogen-bond donors (Lipinski definition) is 1. The van der Waals surface area contributed by atoms with E-state index < -0.39 is 24.7 Å². The van der Waals surface area contributed by atoms with E-state index in [1.165, 1.54) is 5.56 Å². The molecule has 0 amide bonds. The van der Waals surface area contributed by atoms with Gasteiger partial charge in [-0.2, -0.15) is 0 Å². The maximum atomic E-state index is 12.8. The van der Waals surface area contributed by atoms with Crippen molar-refractivity contribution in [3.8, 4) is 0 Å². The summed E-state index contributed by atoms with van der Waals surface area (Å²) in [5.41, 5.74) is 2.75. The predicted molar refractivity (Wildman–Crippen MR) is 59.5 cm³/mol. The molecule has 1 aromatic carbocycles. The van der Waals surface area contributed by atoms with Crippen molar-refractivity contribution in [1.29, 1.82) is 0 Å². The second-order valence-electron chi connectivity index (χ2n) is 4.42. The number of aliphatic carboxylic acids is 1. The molecule has 17 heavy (non-hydrogen) atoms. The first-order chi connectivity index (χ1) is 8.08. The van der Waals surface area contributed by atoms with Crippen molar-refractivity contribution in [2.75, 3.05) is 0 Å². The van der Waals surface area contributed by atoms with Crippen LogP contribution in [0.2, 0.25) is 0 Å². The van der Waals surface area contributed by atoms with E-state index in [1.54, 1.807) is 12.1 Å². The quantitative estimate of drug-likeness (QED) is 0.878. The van der Waals surface area contributed by atoms with Crippen LogP contribution >= 0.6 is 0 Å². The summed E-state index contributed by atoms with van der Waals surface area (Å²) in [7, 11) is 0. The minimum Gasteiger partial charge on any atom is -0.481 e. The maximum absolute atomic E-state index is 12.8. The normalized spacial score (nSPS) is 15.9. The van der Waals surface area contributed by atoms with E-state index in [4.69, 9.17) is 5.11 Å². The van der Waals surface area contributed by atoms with Crippen LogP contribution < -0.4 is 0 Å². The van der Waals surface area contributed by atoms with E-state index in [0.29, 0.717) is 5.56 Å². The average molecular weight is 240 g/mol. The van der Waals surface area contributed by atoms with E-state index in [9.17, 15) is 13.6 Å². The molecule has 4 heteroatoms. The number of carboxylic acids is 1. The molecule has 0 spiro atoms. The van der Waals surface area contributed by atoms with E-state index in [0.717, 1.165) is 24.8 Å². The fraction of sp³-hybridized carbons (Fsp3) is 0.462. The van der Waals surface area contributed by atoms with Gasteiger partial charge in [0.05, 0.1) is 12.3 Å². The Bertz CT molecular complexity index is 429. The second-order valence-corrected chi connectivity index (χ2v) is 4.42. The molecule has 0 aromatic heterocycles. The highest BCUT2D eigenvalue weighted by atomic mass is 19.3. The van der Waals surface area contributed by atoms with Gasteiger partial charge in [0.2, 0.25) is 6.43 Å². The first-order valence-electron chi connectivity index (χ1n) is 5.69. The van der Waals surface area contributed by atoms with Crippen LogP contribution in [0.5, 0.6) is 0 Å². The molecule has 2 nitrogen and oxygen atoms in total. The van der Waals surface area contributed by atoms with Gasteiger partial charge in [0, 0.05) is 0 Å².